The van der Waals surface area contributed by atoms with Gasteiger partial charge in [-0.05, 0) is 19.3 Å². The lowest BCUT2D eigenvalue weighted by Crippen LogP contribution is -2.63. The van der Waals surface area contributed by atoms with E-state index in [2.05, 4.69) is 0 Å². The van der Waals surface area contributed by atoms with Crippen LogP contribution in [0, 0.1) is 0 Å². The topological polar surface area (TPSA) is 69.9 Å². The summed E-state index contributed by atoms with van der Waals surface area (Å²) < 4.78 is 5.34. The minimum absolute atomic E-state index is 0.137. The maximum absolute atomic E-state index is 9.58. The monoisotopic (exact) mass is 174 g/mol. The fraction of sp³-hybridized carbons (Fsp3) is 1.00. The molecular formula is C8H14O4. The van der Waals surface area contributed by atoms with Crippen LogP contribution in [0.2, 0.25) is 0 Å². The van der Waals surface area contributed by atoms with Gasteiger partial charge in [0.15, 0.2) is 0 Å². The summed E-state index contributed by atoms with van der Waals surface area (Å²) in [6, 6.07) is 0. The number of hydrogen-bond donors (Lipinski definition) is 3. The molecular weight excluding hydrogens is 160 g/mol. The average molecular weight is 174 g/mol. The van der Waals surface area contributed by atoms with Crippen LogP contribution >= 0.6 is 0 Å². The summed E-state index contributed by atoms with van der Waals surface area (Å²) in [5.74, 6) is 0. The number of hydrogen-bond acceptors (Lipinski definition) is 4. The zero-order valence-corrected chi connectivity index (χ0v) is 6.81. The molecule has 1 saturated carbocycles. The van der Waals surface area contributed by atoms with Gasteiger partial charge in [-0.15, -0.1) is 0 Å². The molecule has 3 unspecified atom stereocenters. The lowest BCUT2D eigenvalue weighted by molar-refractivity contribution is -0.260. The van der Waals surface area contributed by atoms with E-state index in [0.29, 0.717) is 0 Å². The molecule has 1 aliphatic carbocycles. The molecule has 4 nitrogen and oxygen atoms in total. The molecule has 1 aliphatic heterocycles. The Morgan fingerprint density at radius 1 is 1.17 bits per heavy atom. The van der Waals surface area contributed by atoms with Crippen molar-refractivity contribution in [1.82, 2.24) is 0 Å². The first-order valence-corrected chi connectivity index (χ1v) is 4.34. The molecule has 0 amide bonds. The Balaban J connectivity index is 2.09. The van der Waals surface area contributed by atoms with Crippen LogP contribution in [0.1, 0.15) is 19.3 Å². The van der Waals surface area contributed by atoms with Crippen LogP contribution in [0.5, 0.6) is 0 Å². The van der Waals surface area contributed by atoms with Crippen molar-refractivity contribution in [1.29, 1.82) is 0 Å². The molecule has 2 fully saturated rings. The van der Waals surface area contributed by atoms with Crippen LogP contribution in [0.15, 0.2) is 0 Å². The van der Waals surface area contributed by atoms with Crippen LogP contribution in [0.3, 0.4) is 0 Å². The van der Waals surface area contributed by atoms with E-state index in [1.165, 1.54) is 0 Å². The van der Waals surface area contributed by atoms with E-state index in [9.17, 15) is 10.2 Å². The lowest BCUT2D eigenvalue weighted by Gasteiger charge is -2.50. The Labute approximate surface area is 70.8 Å². The SMILES string of the molecule is OC1COC2(CCC2)C(O)C1O. The van der Waals surface area contributed by atoms with Crippen molar-refractivity contribution in [3.05, 3.63) is 0 Å². The average Bonchev–Trinajstić information content (AvgIpc) is 1.98. The highest BCUT2D eigenvalue weighted by Gasteiger charge is 2.52. The minimum Gasteiger partial charge on any atom is -0.388 e. The third-order valence-electron chi connectivity index (χ3n) is 3.00. The Hall–Kier alpha value is -0.160. The fourth-order valence-electron chi connectivity index (χ4n) is 1.92. The van der Waals surface area contributed by atoms with Crippen LogP contribution < -0.4 is 0 Å². The first-order chi connectivity index (χ1) is 5.66. The number of aliphatic hydroxyl groups is 3. The molecule has 4 heteroatoms. The molecule has 0 radical (unpaired) electrons. The third kappa shape index (κ3) is 0.992. The van der Waals surface area contributed by atoms with Crippen molar-refractivity contribution in [2.45, 2.75) is 43.2 Å². The van der Waals surface area contributed by atoms with Crippen LogP contribution in [0.4, 0.5) is 0 Å². The Kier molecular flexibility index (Phi) is 1.88. The van der Waals surface area contributed by atoms with Gasteiger partial charge in [-0.3, -0.25) is 0 Å². The molecule has 3 atom stereocenters. The lowest BCUT2D eigenvalue weighted by atomic mass is 9.72. The highest BCUT2D eigenvalue weighted by Crippen LogP contribution is 2.42. The molecule has 12 heavy (non-hydrogen) atoms. The maximum Gasteiger partial charge on any atom is 0.111 e. The quantitative estimate of drug-likeness (QED) is 0.441. The van der Waals surface area contributed by atoms with Crippen LogP contribution in [-0.4, -0.2) is 45.8 Å². The van der Waals surface area contributed by atoms with E-state index in [1.807, 2.05) is 0 Å². The largest absolute Gasteiger partial charge is 0.388 e. The predicted octanol–water partition coefficient (Wildman–Crippen LogP) is -0.978. The van der Waals surface area contributed by atoms with Gasteiger partial charge in [0.1, 0.15) is 18.3 Å². The van der Waals surface area contributed by atoms with Gasteiger partial charge in [0.25, 0.3) is 0 Å². The molecule has 0 aromatic heterocycles. The minimum atomic E-state index is -1.04. The smallest absolute Gasteiger partial charge is 0.111 e. The molecule has 1 spiro atoms. The molecule has 1 saturated heterocycles. The van der Waals surface area contributed by atoms with Gasteiger partial charge in [0.2, 0.25) is 0 Å². The summed E-state index contributed by atoms with van der Waals surface area (Å²) in [5.41, 5.74) is -0.543. The van der Waals surface area contributed by atoms with Gasteiger partial charge in [-0.1, -0.05) is 0 Å². The van der Waals surface area contributed by atoms with Gasteiger partial charge in [0.05, 0.1) is 12.2 Å². The van der Waals surface area contributed by atoms with Crippen molar-refractivity contribution in [3.63, 3.8) is 0 Å². The fourth-order valence-corrected chi connectivity index (χ4v) is 1.92. The molecule has 3 N–H and O–H groups in total. The first-order valence-electron chi connectivity index (χ1n) is 4.34. The molecule has 2 rings (SSSR count). The molecule has 0 aromatic rings. The summed E-state index contributed by atoms with van der Waals surface area (Å²) in [5, 5.41) is 28.1. The van der Waals surface area contributed by atoms with Crippen molar-refractivity contribution in [2.75, 3.05) is 6.61 Å². The van der Waals surface area contributed by atoms with E-state index in [4.69, 9.17) is 9.84 Å². The first kappa shape index (κ1) is 8.44. The maximum atomic E-state index is 9.58. The second-order valence-electron chi connectivity index (χ2n) is 3.73. The van der Waals surface area contributed by atoms with E-state index < -0.39 is 23.9 Å². The molecule has 1 heterocycles. The second-order valence-corrected chi connectivity index (χ2v) is 3.73. The van der Waals surface area contributed by atoms with Crippen LogP contribution in [-0.2, 0) is 4.74 Å². The third-order valence-corrected chi connectivity index (χ3v) is 3.00. The molecule has 70 valence electrons. The summed E-state index contributed by atoms with van der Waals surface area (Å²) >= 11 is 0. The van der Waals surface area contributed by atoms with Gasteiger partial charge in [-0.2, -0.15) is 0 Å². The summed E-state index contributed by atoms with van der Waals surface area (Å²) in [4.78, 5) is 0. The normalized spacial score (nSPS) is 45.8. The van der Waals surface area contributed by atoms with Gasteiger partial charge >= 0.3 is 0 Å². The van der Waals surface area contributed by atoms with Gasteiger partial charge < -0.3 is 20.1 Å². The molecule has 2 aliphatic rings. The zero-order valence-electron chi connectivity index (χ0n) is 6.81. The highest BCUT2D eigenvalue weighted by atomic mass is 16.5. The van der Waals surface area contributed by atoms with Crippen molar-refractivity contribution < 1.29 is 20.1 Å². The Morgan fingerprint density at radius 3 is 2.33 bits per heavy atom. The van der Waals surface area contributed by atoms with Gasteiger partial charge in [-0.25, -0.2) is 0 Å². The van der Waals surface area contributed by atoms with Crippen molar-refractivity contribution in [3.8, 4) is 0 Å². The van der Waals surface area contributed by atoms with E-state index >= 15 is 0 Å². The molecule has 0 aromatic carbocycles. The Bertz CT molecular complexity index is 178. The Morgan fingerprint density at radius 2 is 1.83 bits per heavy atom. The van der Waals surface area contributed by atoms with E-state index in [0.717, 1.165) is 19.3 Å². The number of rotatable bonds is 0. The van der Waals surface area contributed by atoms with E-state index in [1.54, 1.807) is 0 Å². The van der Waals surface area contributed by atoms with Gasteiger partial charge in [0, 0.05) is 0 Å². The summed E-state index contributed by atoms with van der Waals surface area (Å²) in [7, 11) is 0. The van der Waals surface area contributed by atoms with Crippen LogP contribution in [0.25, 0.3) is 0 Å². The molecule has 0 bridgehead atoms. The van der Waals surface area contributed by atoms with Crippen molar-refractivity contribution >= 4 is 0 Å². The summed E-state index contributed by atoms with van der Waals surface area (Å²) in [6.45, 7) is 0.137. The predicted molar refractivity (Wildman–Crippen MR) is 40.6 cm³/mol. The highest BCUT2D eigenvalue weighted by molar-refractivity contribution is 5.03. The second kappa shape index (κ2) is 2.67. The van der Waals surface area contributed by atoms with Crippen molar-refractivity contribution in [2.24, 2.45) is 0 Å². The van der Waals surface area contributed by atoms with E-state index in [-0.39, 0.29) is 6.61 Å². The zero-order chi connectivity index (χ0) is 8.77. The number of aliphatic hydroxyl groups excluding tert-OH is 3. The number of ether oxygens (including phenoxy) is 1. The standard InChI is InChI=1S/C8H14O4/c9-5-4-12-8(2-1-3-8)7(11)6(5)10/h5-7,9-11H,1-4H2. The summed E-state index contributed by atoms with van der Waals surface area (Å²) in [6.07, 6.45) is -0.296.